The number of nitrogens with one attached hydrogen (secondary N) is 1. The van der Waals surface area contributed by atoms with Gasteiger partial charge in [-0.15, -0.1) is 10.2 Å². The lowest BCUT2D eigenvalue weighted by Gasteiger charge is -2.24. The summed E-state index contributed by atoms with van der Waals surface area (Å²) in [6.07, 6.45) is 6.50. The molecule has 0 unspecified atom stereocenters. The molecule has 154 valence electrons. The number of nitrogens with two attached hydrogens (primary N) is 1. The third-order valence-electron chi connectivity index (χ3n) is 4.65. The van der Waals surface area contributed by atoms with Crippen LogP contribution in [0.5, 0.6) is 0 Å². The van der Waals surface area contributed by atoms with Gasteiger partial charge >= 0.3 is 0 Å². The lowest BCUT2D eigenvalue weighted by atomic mass is 10.1. The van der Waals surface area contributed by atoms with Crippen LogP contribution in [0.4, 0.5) is 0 Å². The molecule has 0 saturated carbocycles. The van der Waals surface area contributed by atoms with Crippen LogP contribution < -0.4 is 11.2 Å². The Morgan fingerprint density at radius 2 is 2.10 bits per heavy atom. The average Bonchev–Trinajstić information content (AvgIpc) is 3.34. The Morgan fingerprint density at radius 1 is 1.27 bits per heavy atom. The number of carbonyl (C=O) groups excluding carboxylic acids is 1. The number of allylic oxidation sites excluding steroid dienone is 3. The summed E-state index contributed by atoms with van der Waals surface area (Å²) in [5, 5.41) is 16.0. The Kier molecular flexibility index (Phi) is 5.71. The molecule has 1 amide bonds. The fourth-order valence-corrected chi connectivity index (χ4v) is 3.17. The van der Waals surface area contributed by atoms with Crippen LogP contribution in [0.25, 0.3) is 11.7 Å². The van der Waals surface area contributed by atoms with Crippen molar-refractivity contribution in [1.82, 2.24) is 25.7 Å². The largest absolute Gasteiger partial charge is 0.418 e. The van der Waals surface area contributed by atoms with Crippen LogP contribution in [0.15, 0.2) is 68.9 Å². The molecule has 30 heavy (non-hydrogen) atoms. The minimum absolute atomic E-state index is 0.108. The van der Waals surface area contributed by atoms with E-state index >= 15 is 0 Å². The van der Waals surface area contributed by atoms with Gasteiger partial charge in [-0.3, -0.25) is 4.79 Å². The van der Waals surface area contributed by atoms with E-state index in [2.05, 4.69) is 20.7 Å². The molecule has 0 saturated heterocycles. The van der Waals surface area contributed by atoms with Gasteiger partial charge in [-0.25, -0.2) is 5.84 Å². The van der Waals surface area contributed by atoms with Gasteiger partial charge in [-0.05, 0) is 30.9 Å². The third kappa shape index (κ3) is 4.47. The monoisotopic (exact) mass is 406 g/mol. The SMILES string of the molecule is Cc1nnc(-c2cc(C(=O)NC3=C(N(N)Cc4ccccc4)CCCC=C3)no2)o1. The van der Waals surface area contributed by atoms with Crippen molar-refractivity contribution in [2.45, 2.75) is 32.7 Å². The minimum Gasteiger partial charge on any atom is -0.418 e. The lowest BCUT2D eigenvalue weighted by molar-refractivity contribution is 0.0956. The maximum atomic E-state index is 12.8. The van der Waals surface area contributed by atoms with Crippen molar-refractivity contribution in [3.05, 3.63) is 77.1 Å². The Labute approximate surface area is 173 Å². The Hall–Kier alpha value is -3.72. The Morgan fingerprint density at radius 3 is 2.87 bits per heavy atom. The summed E-state index contributed by atoms with van der Waals surface area (Å²) >= 11 is 0. The van der Waals surface area contributed by atoms with Crippen molar-refractivity contribution in [3.63, 3.8) is 0 Å². The van der Waals surface area contributed by atoms with Crippen LogP contribution >= 0.6 is 0 Å². The molecule has 3 aromatic rings. The fourth-order valence-electron chi connectivity index (χ4n) is 3.17. The zero-order valence-electron chi connectivity index (χ0n) is 16.5. The van der Waals surface area contributed by atoms with Crippen LogP contribution in [-0.2, 0) is 6.54 Å². The van der Waals surface area contributed by atoms with E-state index in [0.29, 0.717) is 18.1 Å². The second-order valence-electron chi connectivity index (χ2n) is 6.93. The number of hydrazine groups is 1. The molecule has 0 atom stereocenters. The summed E-state index contributed by atoms with van der Waals surface area (Å²) < 4.78 is 10.5. The molecule has 2 aromatic heterocycles. The Bertz CT molecular complexity index is 1080. The Balaban J connectivity index is 1.53. The molecule has 0 bridgehead atoms. The fraction of sp³-hybridized carbons (Fsp3) is 0.238. The van der Waals surface area contributed by atoms with Crippen molar-refractivity contribution in [2.75, 3.05) is 0 Å². The second kappa shape index (κ2) is 8.75. The van der Waals surface area contributed by atoms with Crippen molar-refractivity contribution in [2.24, 2.45) is 5.84 Å². The van der Waals surface area contributed by atoms with Gasteiger partial charge in [0.15, 0.2) is 5.69 Å². The molecule has 1 aliphatic carbocycles. The van der Waals surface area contributed by atoms with Crippen LogP contribution in [0.1, 0.15) is 41.2 Å². The summed E-state index contributed by atoms with van der Waals surface area (Å²) in [5.41, 5.74) is 2.70. The summed E-state index contributed by atoms with van der Waals surface area (Å²) in [6.45, 7) is 2.20. The van der Waals surface area contributed by atoms with Crippen molar-refractivity contribution >= 4 is 5.91 Å². The molecule has 4 rings (SSSR count). The summed E-state index contributed by atoms with van der Waals surface area (Å²) in [6, 6.07) is 11.4. The normalized spacial score (nSPS) is 13.9. The van der Waals surface area contributed by atoms with E-state index in [1.54, 1.807) is 11.9 Å². The van der Waals surface area contributed by atoms with E-state index in [9.17, 15) is 4.79 Å². The number of aryl methyl sites for hydroxylation is 1. The number of carbonyl (C=O) groups is 1. The zero-order valence-corrected chi connectivity index (χ0v) is 16.5. The van der Waals surface area contributed by atoms with Crippen LogP contribution in [0.3, 0.4) is 0 Å². The number of hydrogen-bond donors (Lipinski definition) is 2. The highest BCUT2D eigenvalue weighted by atomic mass is 16.5. The maximum Gasteiger partial charge on any atom is 0.286 e. The molecule has 9 nitrogen and oxygen atoms in total. The summed E-state index contributed by atoms with van der Waals surface area (Å²) in [4.78, 5) is 12.8. The molecule has 0 aliphatic heterocycles. The summed E-state index contributed by atoms with van der Waals surface area (Å²) in [5.74, 6) is 6.76. The van der Waals surface area contributed by atoms with Gasteiger partial charge in [0.2, 0.25) is 11.7 Å². The molecule has 0 fully saturated rings. The molecule has 0 spiro atoms. The number of amides is 1. The molecule has 9 heteroatoms. The first-order chi connectivity index (χ1) is 14.6. The van der Waals surface area contributed by atoms with Gasteiger partial charge in [0.1, 0.15) is 0 Å². The quantitative estimate of drug-likeness (QED) is 0.473. The third-order valence-corrected chi connectivity index (χ3v) is 4.65. The molecule has 2 heterocycles. The highest BCUT2D eigenvalue weighted by Crippen LogP contribution is 2.22. The first kappa shape index (κ1) is 19.6. The second-order valence-corrected chi connectivity index (χ2v) is 6.93. The van der Waals surface area contributed by atoms with E-state index in [1.165, 1.54) is 6.07 Å². The van der Waals surface area contributed by atoms with Crippen molar-refractivity contribution in [1.29, 1.82) is 0 Å². The molecule has 0 radical (unpaired) electrons. The van der Waals surface area contributed by atoms with Crippen LogP contribution in [-0.4, -0.2) is 26.3 Å². The number of hydrogen-bond acceptors (Lipinski definition) is 8. The van der Waals surface area contributed by atoms with Gasteiger partial charge in [0, 0.05) is 13.0 Å². The number of nitrogens with zero attached hydrogens (tertiary/aromatic N) is 4. The van der Waals surface area contributed by atoms with Crippen LogP contribution in [0.2, 0.25) is 0 Å². The van der Waals surface area contributed by atoms with E-state index in [0.717, 1.165) is 30.5 Å². The molecular weight excluding hydrogens is 384 g/mol. The van der Waals surface area contributed by atoms with Gasteiger partial charge in [-0.2, -0.15) is 0 Å². The predicted molar refractivity (Wildman–Crippen MR) is 108 cm³/mol. The first-order valence-electron chi connectivity index (χ1n) is 9.64. The molecule has 1 aliphatic rings. The summed E-state index contributed by atoms with van der Waals surface area (Å²) in [7, 11) is 0. The van der Waals surface area contributed by atoms with Gasteiger partial charge in [0.05, 0.1) is 17.9 Å². The van der Waals surface area contributed by atoms with E-state index in [-0.39, 0.29) is 17.3 Å². The first-order valence-corrected chi connectivity index (χ1v) is 9.64. The molecule has 3 N–H and O–H groups in total. The number of rotatable bonds is 6. The average molecular weight is 406 g/mol. The predicted octanol–water partition coefficient (Wildman–Crippen LogP) is 3.09. The highest BCUT2D eigenvalue weighted by molar-refractivity contribution is 5.94. The number of aromatic nitrogens is 3. The highest BCUT2D eigenvalue weighted by Gasteiger charge is 2.20. The molecular formula is C21H22N6O3. The minimum atomic E-state index is -0.409. The zero-order chi connectivity index (χ0) is 20.9. The van der Waals surface area contributed by atoms with Gasteiger partial charge in [-0.1, -0.05) is 41.6 Å². The maximum absolute atomic E-state index is 12.8. The van der Waals surface area contributed by atoms with Gasteiger partial charge in [0.25, 0.3) is 11.8 Å². The van der Waals surface area contributed by atoms with E-state index in [1.807, 2.05) is 42.5 Å². The van der Waals surface area contributed by atoms with E-state index in [4.69, 9.17) is 14.8 Å². The van der Waals surface area contributed by atoms with E-state index < -0.39 is 5.91 Å². The topological polar surface area (TPSA) is 123 Å². The molecule has 1 aromatic carbocycles. The van der Waals surface area contributed by atoms with Gasteiger partial charge < -0.3 is 19.3 Å². The lowest BCUT2D eigenvalue weighted by Crippen LogP contribution is -2.34. The van der Waals surface area contributed by atoms with Crippen molar-refractivity contribution in [3.8, 4) is 11.7 Å². The standard InChI is InChI=1S/C21H22N6O3/c1-14-24-25-21(29-14)19-12-17(26-30-19)20(28)23-16-10-6-3-7-11-18(16)27(22)13-15-8-4-2-5-9-15/h2,4-6,8-10,12H,3,7,11,13,22H2,1H3,(H,23,28). The smallest absolute Gasteiger partial charge is 0.286 e. The number of benzene rings is 1. The van der Waals surface area contributed by atoms with Crippen molar-refractivity contribution < 1.29 is 13.7 Å². The van der Waals surface area contributed by atoms with Crippen LogP contribution in [0, 0.1) is 6.92 Å².